The normalized spacial score (nSPS) is 10.1. The van der Waals surface area contributed by atoms with Gasteiger partial charge in [0, 0.05) is 0 Å². The maximum atomic E-state index is 5.41. The van der Waals surface area contributed by atoms with Gasteiger partial charge in [-0.3, -0.25) is 9.80 Å². The first kappa shape index (κ1) is 19.0. The van der Waals surface area contributed by atoms with Crippen LogP contribution in [0.15, 0.2) is 0 Å². The molecule has 0 spiro atoms. The molecule has 114 valence electrons. The highest BCUT2D eigenvalue weighted by atomic mass is 16.5. The van der Waals surface area contributed by atoms with E-state index in [4.69, 9.17) is 9.47 Å². The SMILES string of the molecule is CCN(CC)COCC#CC#CCOCN(CC)CC. The van der Waals surface area contributed by atoms with Crippen molar-refractivity contribution in [3.8, 4) is 23.7 Å². The Bertz CT molecular complexity index is 294. The largest absolute Gasteiger partial charge is 0.353 e. The van der Waals surface area contributed by atoms with Crippen LogP contribution in [0.4, 0.5) is 0 Å². The maximum absolute atomic E-state index is 5.41. The van der Waals surface area contributed by atoms with Crippen LogP contribution in [-0.2, 0) is 9.47 Å². The van der Waals surface area contributed by atoms with Crippen molar-refractivity contribution in [1.29, 1.82) is 0 Å². The molecule has 0 aromatic rings. The van der Waals surface area contributed by atoms with Crippen LogP contribution >= 0.6 is 0 Å². The summed E-state index contributed by atoms with van der Waals surface area (Å²) in [6.07, 6.45) is 0. The summed E-state index contributed by atoms with van der Waals surface area (Å²) in [5.74, 6) is 11.3. The van der Waals surface area contributed by atoms with E-state index < -0.39 is 0 Å². The van der Waals surface area contributed by atoms with Gasteiger partial charge in [-0.1, -0.05) is 39.5 Å². The third-order valence-electron chi connectivity index (χ3n) is 2.92. The number of hydrogen-bond acceptors (Lipinski definition) is 4. The van der Waals surface area contributed by atoms with Crippen molar-refractivity contribution in [2.45, 2.75) is 27.7 Å². The fraction of sp³-hybridized carbons (Fsp3) is 0.750. The van der Waals surface area contributed by atoms with Crippen molar-refractivity contribution in [2.24, 2.45) is 0 Å². The summed E-state index contributed by atoms with van der Waals surface area (Å²) in [7, 11) is 0. The van der Waals surface area contributed by atoms with Crippen molar-refractivity contribution < 1.29 is 9.47 Å². The van der Waals surface area contributed by atoms with Crippen LogP contribution < -0.4 is 0 Å². The summed E-state index contributed by atoms with van der Waals surface area (Å²) in [6.45, 7) is 14.5. The van der Waals surface area contributed by atoms with E-state index in [1.807, 2.05) is 0 Å². The third-order valence-corrected chi connectivity index (χ3v) is 2.92. The molecule has 0 saturated carbocycles. The zero-order valence-corrected chi connectivity index (χ0v) is 13.4. The van der Waals surface area contributed by atoms with Gasteiger partial charge >= 0.3 is 0 Å². The van der Waals surface area contributed by atoms with Crippen LogP contribution in [-0.4, -0.2) is 62.7 Å². The Hall–Kier alpha value is -1.04. The van der Waals surface area contributed by atoms with Crippen LogP contribution in [0.5, 0.6) is 0 Å². The molecular formula is C16H28N2O2. The first-order valence-corrected chi connectivity index (χ1v) is 7.34. The second kappa shape index (κ2) is 14.4. The minimum atomic E-state index is 0.422. The second-order valence-corrected chi connectivity index (χ2v) is 4.17. The fourth-order valence-electron chi connectivity index (χ4n) is 1.42. The maximum Gasteiger partial charge on any atom is 0.110 e. The molecule has 0 unspecified atom stereocenters. The molecule has 0 rings (SSSR count). The standard InChI is InChI=1S/C16H28N2O2/c1-5-17(6-2)15-19-13-11-9-10-12-14-20-16-18(7-3)8-4/h5-8,13-16H2,1-4H3. The van der Waals surface area contributed by atoms with E-state index in [9.17, 15) is 0 Å². The predicted octanol–water partition coefficient (Wildman–Crippen LogP) is 1.62. The molecule has 4 nitrogen and oxygen atoms in total. The third kappa shape index (κ3) is 10.8. The van der Waals surface area contributed by atoms with Gasteiger partial charge in [0.2, 0.25) is 0 Å². The van der Waals surface area contributed by atoms with Crippen molar-refractivity contribution in [3.05, 3.63) is 0 Å². The zero-order chi connectivity index (χ0) is 15.1. The van der Waals surface area contributed by atoms with Crippen molar-refractivity contribution in [3.63, 3.8) is 0 Å². The van der Waals surface area contributed by atoms with E-state index in [0.717, 1.165) is 26.2 Å². The molecule has 0 aromatic carbocycles. The molecule has 0 saturated heterocycles. The van der Waals surface area contributed by atoms with Crippen molar-refractivity contribution in [1.82, 2.24) is 9.80 Å². The Morgan fingerprint density at radius 2 is 1.00 bits per heavy atom. The highest BCUT2D eigenvalue weighted by Crippen LogP contribution is 1.87. The predicted molar refractivity (Wildman–Crippen MR) is 83.0 cm³/mol. The fourth-order valence-corrected chi connectivity index (χ4v) is 1.42. The Kier molecular flexibility index (Phi) is 13.6. The van der Waals surface area contributed by atoms with E-state index in [0.29, 0.717) is 26.7 Å². The van der Waals surface area contributed by atoms with Crippen LogP contribution in [0, 0.1) is 23.7 Å². The van der Waals surface area contributed by atoms with Gasteiger partial charge in [0.1, 0.15) is 26.7 Å². The molecule has 0 bridgehead atoms. The lowest BCUT2D eigenvalue weighted by Gasteiger charge is -2.16. The summed E-state index contributed by atoms with van der Waals surface area (Å²) in [6, 6.07) is 0. The Morgan fingerprint density at radius 3 is 1.30 bits per heavy atom. The molecule has 0 fully saturated rings. The van der Waals surface area contributed by atoms with Gasteiger partial charge in [-0.25, -0.2) is 0 Å². The molecule has 0 heterocycles. The first-order chi connectivity index (χ1) is 9.78. The molecule has 0 aliphatic carbocycles. The zero-order valence-electron chi connectivity index (χ0n) is 13.4. The van der Waals surface area contributed by atoms with E-state index in [-0.39, 0.29) is 0 Å². The van der Waals surface area contributed by atoms with E-state index >= 15 is 0 Å². The Labute approximate surface area is 124 Å². The van der Waals surface area contributed by atoms with Gasteiger partial charge in [0.05, 0.1) is 0 Å². The van der Waals surface area contributed by atoms with Gasteiger partial charge in [0.25, 0.3) is 0 Å². The molecule has 0 aliphatic rings. The molecule has 0 amide bonds. The van der Waals surface area contributed by atoms with Crippen LogP contribution in [0.25, 0.3) is 0 Å². The molecule has 20 heavy (non-hydrogen) atoms. The highest BCUT2D eigenvalue weighted by Gasteiger charge is 1.96. The van der Waals surface area contributed by atoms with Gasteiger partial charge < -0.3 is 9.47 Å². The quantitative estimate of drug-likeness (QED) is 0.345. The minimum absolute atomic E-state index is 0.422. The van der Waals surface area contributed by atoms with Gasteiger partial charge in [-0.05, 0) is 38.0 Å². The minimum Gasteiger partial charge on any atom is -0.353 e. The average Bonchev–Trinajstić information content (AvgIpc) is 2.49. The Balaban J connectivity index is 3.60. The van der Waals surface area contributed by atoms with Gasteiger partial charge in [-0.15, -0.1) is 0 Å². The van der Waals surface area contributed by atoms with Crippen LogP contribution in [0.3, 0.4) is 0 Å². The topological polar surface area (TPSA) is 24.9 Å². The smallest absolute Gasteiger partial charge is 0.110 e. The monoisotopic (exact) mass is 280 g/mol. The second-order valence-electron chi connectivity index (χ2n) is 4.17. The molecule has 0 N–H and O–H groups in total. The van der Waals surface area contributed by atoms with Crippen molar-refractivity contribution >= 4 is 0 Å². The summed E-state index contributed by atoms with van der Waals surface area (Å²) in [5.41, 5.74) is 0. The van der Waals surface area contributed by atoms with Crippen LogP contribution in [0.2, 0.25) is 0 Å². The number of nitrogens with zero attached hydrogens (tertiary/aromatic N) is 2. The number of rotatable bonds is 10. The first-order valence-electron chi connectivity index (χ1n) is 7.34. The highest BCUT2D eigenvalue weighted by molar-refractivity contribution is 5.26. The molecule has 0 radical (unpaired) electrons. The molecule has 0 aliphatic heterocycles. The lowest BCUT2D eigenvalue weighted by molar-refractivity contribution is 0.0527. The summed E-state index contributed by atoms with van der Waals surface area (Å²) in [5, 5.41) is 0. The van der Waals surface area contributed by atoms with Gasteiger partial charge in [0.15, 0.2) is 0 Å². The molecule has 0 aromatic heterocycles. The lowest BCUT2D eigenvalue weighted by atomic mass is 10.5. The average molecular weight is 280 g/mol. The van der Waals surface area contributed by atoms with E-state index in [1.54, 1.807) is 0 Å². The molecular weight excluding hydrogens is 252 g/mol. The molecule has 0 atom stereocenters. The van der Waals surface area contributed by atoms with Crippen molar-refractivity contribution in [2.75, 3.05) is 52.9 Å². The van der Waals surface area contributed by atoms with Crippen LogP contribution in [0.1, 0.15) is 27.7 Å². The molecule has 4 heteroatoms. The van der Waals surface area contributed by atoms with E-state index in [2.05, 4.69) is 61.2 Å². The summed E-state index contributed by atoms with van der Waals surface area (Å²) < 4.78 is 10.8. The Morgan fingerprint density at radius 1 is 0.650 bits per heavy atom. The lowest BCUT2D eigenvalue weighted by Crippen LogP contribution is -2.25. The number of hydrogen-bond donors (Lipinski definition) is 0. The summed E-state index contributed by atoms with van der Waals surface area (Å²) >= 11 is 0. The van der Waals surface area contributed by atoms with E-state index in [1.165, 1.54) is 0 Å². The van der Waals surface area contributed by atoms with Gasteiger partial charge in [-0.2, -0.15) is 0 Å². The summed E-state index contributed by atoms with van der Waals surface area (Å²) in [4.78, 5) is 4.38. The number of ether oxygens (including phenoxy) is 2.